The van der Waals surface area contributed by atoms with Gasteiger partial charge < -0.3 is 10.2 Å². The summed E-state index contributed by atoms with van der Waals surface area (Å²) in [4.78, 5) is 22.6. The van der Waals surface area contributed by atoms with Crippen molar-refractivity contribution in [2.75, 3.05) is 30.3 Å². The van der Waals surface area contributed by atoms with Crippen LogP contribution in [0.3, 0.4) is 0 Å². The van der Waals surface area contributed by atoms with Crippen LogP contribution in [-0.4, -0.2) is 41.3 Å². The molecule has 0 saturated carbocycles. The molecule has 0 aliphatic carbocycles. The van der Waals surface area contributed by atoms with E-state index in [0.717, 1.165) is 25.3 Å². The fraction of sp³-hybridized carbons (Fsp3) is 0.643. The van der Waals surface area contributed by atoms with Crippen LogP contribution in [0.25, 0.3) is 0 Å². The maximum Gasteiger partial charge on any atom is 0.230 e. The number of halogens is 1. The second kappa shape index (κ2) is 8.44. The Bertz CT molecular complexity index is 480. The van der Waals surface area contributed by atoms with Crippen molar-refractivity contribution in [2.45, 2.75) is 37.8 Å². The Hall–Kier alpha value is -1.01. The number of hydrogen-bond acceptors (Lipinski definition) is 5. The summed E-state index contributed by atoms with van der Waals surface area (Å²) < 4.78 is 0. The Kier molecular flexibility index (Phi) is 6.57. The van der Waals surface area contributed by atoms with E-state index in [1.165, 1.54) is 31.0 Å². The van der Waals surface area contributed by atoms with Crippen LogP contribution in [0, 0.1) is 0 Å². The number of aromatic nitrogens is 2. The molecule has 5 nitrogen and oxygen atoms in total. The van der Waals surface area contributed by atoms with Gasteiger partial charge >= 0.3 is 0 Å². The molecule has 0 spiro atoms. The molecule has 1 aliphatic rings. The predicted octanol–water partition coefficient (Wildman–Crippen LogP) is 2.74. The second-order valence-corrected chi connectivity index (χ2v) is 6.35. The van der Waals surface area contributed by atoms with Gasteiger partial charge in [0.05, 0.1) is 5.75 Å². The van der Waals surface area contributed by atoms with Gasteiger partial charge in [-0.3, -0.25) is 4.79 Å². The first-order chi connectivity index (χ1) is 10.2. The molecule has 1 aromatic rings. The minimum Gasteiger partial charge on any atom is -0.356 e. The molecule has 21 heavy (non-hydrogen) atoms. The topological polar surface area (TPSA) is 58.1 Å². The predicted molar refractivity (Wildman–Crippen MR) is 87.1 cm³/mol. The number of nitrogens with one attached hydrogen (secondary N) is 1. The molecule has 1 N–H and O–H groups in total. The zero-order valence-corrected chi connectivity index (χ0v) is 13.8. The summed E-state index contributed by atoms with van der Waals surface area (Å²) in [5.41, 5.74) is 0. The molecular formula is C14H21ClN4OS. The summed E-state index contributed by atoms with van der Waals surface area (Å²) in [6.45, 7) is 4.75. The molecule has 0 unspecified atom stereocenters. The number of amides is 1. The van der Waals surface area contributed by atoms with Crippen LogP contribution in [0.1, 0.15) is 32.6 Å². The average Bonchev–Trinajstić information content (AvgIpc) is 2.51. The molecular weight excluding hydrogens is 308 g/mol. The normalized spacial score (nSPS) is 15.0. The van der Waals surface area contributed by atoms with Crippen LogP contribution in [0.5, 0.6) is 0 Å². The number of thioether (sulfide) groups is 1. The van der Waals surface area contributed by atoms with Gasteiger partial charge in [0.15, 0.2) is 5.16 Å². The maximum absolute atomic E-state index is 11.6. The lowest BCUT2D eigenvalue weighted by Gasteiger charge is -2.27. The summed E-state index contributed by atoms with van der Waals surface area (Å²) in [5.74, 6) is 1.19. The monoisotopic (exact) mass is 328 g/mol. The molecule has 7 heteroatoms. The summed E-state index contributed by atoms with van der Waals surface area (Å²) >= 11 is 7.40. The Balaban J connectivity index is 1.96. The van der Waals surface area contributed by atoms with E-state index in [9.17, 15) is 4.79 Å². The van der Waals surface area contributed by atoms with Crippen LogP contribution in [0.2, 0.25) is 5.15 Å². The smallest absolute Gasteiger partial charge is 0.230 e. The van der Waals surface area contributed by atoms with Gasteiger partial charge in [0, 0.05) is 25.7 Å². The van der Waals surface area contributed by atoms with E-state index in [1.807, 2.05) is 6.92 Å². The second-order valence-electron chi connectivity index (χ2n) is 5.02. The summed E-state index contributed by atoms with van der Waals surface area (Å²) in [6.07, 6.45) is 4.57. The molecule has 116 valence electrons. The zero-order valence-electron chi connectivity index (χ0n) is 12.3. The Morgan fingerprint density at radius 2 is 2.14 bits per heavy atom. The fourth-order valence-electron chi connectivity index (χ4n) is 2.18. The van der Waals surface area contributed by atoms with Crippen molar-refractivity contribution in [1.29, 1.82) is 0 Å². The maximum atomic E-state index is 11.6. The highest BCUT2D eigenvalue weighted by atomic mass is 35.5. The number of carbonyl (C=O) groups is 1. The molecule has 2 rings (SSSR count). The number of hydrogen-bond donors (Lipinski definition) is 1. The summed E-state index contributed by atoms with van der Waals surface area (Å²) in [6, 6.07) is 1.80. The van der Waals surface area contributed by atoms with E-state index in [1.54, 1.807) is 6.07 Å². The first kappa shape index (κ1) is 16.4. The van der Waals surface area contributed by atoms with Crippen molar-refractivity contribution in [1.82, 2.24) is 15.3 Å². The minimum absolute atomic E-state index is 0.00458. The van der Waals surface area contributed by atoms with Gasteiger partial charge in [-0.2, -0.15) is 0 Å². The van der Waals surface area contributed by atoms with Crippen molar-refractivity contribution < 1.29 is 4.79 Å². The number of rotatable bonds is 6. The molecule has 1 fully saturated rings. The number of carbonyl (C=O) groups excluding carboxylic acids is 1. The van der Waals surface area contributed by atoms with Crippen molar-refractivity contribution in [3.05, 3.63) is 11.2 Å². The molecule has 0 bridgehead atoms. The SMILES string of the molecule is CCCNC(=O)CSc1nc(Cl)cc(N2CCCCC2)n1. The van der Waals surface area contributed by atoms with Crippen LogP contribution in [0.15, 0.2) is 11.2 Å². The quantitative estimate of drug-likeness (QED) is 0.494. The lowest BCUT2D eigenvalue weighted by Crippen LogP contribution is -2.30. The third kappa shape index (κ3) is 5.36. The highest BCUT2D eigenvalue weighted by molar-refractivity contribution is 7.99. The largest absolute Gasteiger partial charge is 0.356 e. The average molecular weight is 329 g/mol. The first-order valence-electron chi connectivity index (χ1n) is 7.38. The van der Waals surface area contributed by atoms with Gasteiger partial charge in [0.2, 0.25) is 5.91 Å². The van der Waals surface area contributed by atoms with E-state index in [-0.39, 0.29) is 5.91 Å². The van der Waals surface area contributed by atoms with Crippen molar-refractivity contribution in [3.8, 4) is 0 Å². The molecule has 1 amide bonds. The lowest BCUT2D eigenvalue weighted by molar-refractivity contribution is -0.118. The van der Waals surface area contributed by atoms with Crippen LogP contribution in [0.4, 0.5) is 5.82 Å². The zero-order chi connectivity index (χ0) is 15.1. The number of piperidine rings is 1. The molecule has 1 saturated heterocycles. The fourth-order valence-corrected chi connectivity index (χ4v) is 3.09. The van der Waals surface area contributed by atoms with Gasteiger partial charge in [-0.15, -0.1) is 0 Å². The summed E-state index contributed by atoms with van der Waals surface area (Å²) in [5, 5.41) is 3.83. The molecule has 0 radical (unpaired) electrons. The standard InChI is InChI=1S/C14H21ClN4OS/c1-2-6-16-13(20)10-21-14-17-11(15)9-12(18-14)19-7-4-3-5-8-19/h9H,2-8,10H2,1H3,(H,16,20). The van der Waals surface area contributed by atoms with Gasteiger partial charge in [-0.1, -0.05) is 30.3 Å². The minimum atomic E-state index is 0.00458. The van der Waals surface area contributed by atoms with Gasteiger partial charge in [-0.25, -0.2) is 9.97 Å². The number of nitrogens with zero attached hydrogens (tertiary/aromatic N) is 3. The van der Waals surface area contributed by atoms with Crippen LogP contribution >= 0.6 is 23.4 Å². The number of anilines is 1. The summed E-state index contributed by atoms with van der Waals surface area (Å²) in [7, 11) is 0. The molecule has 2 heterocycles. The molecule has 0 aromatic carbocycles. The van der Waals surface area contributed by atoms with E-state index in [0.29, 0.717) is 22.6 Å². The van der Waals surface area contributed by atoms with Crippen LogP contribution in [-0.2, 0) is 4.79 Å². The highest BCUT2D eigenvalue weighted by Crippen LogP contribution is 2.24. The van der Waals surface area contributed by atoms with Gasteiger partial charge in [0.25, 0.3) is 0 Å². The third-order valence-electron chi connectivity index (χ3n) is 3.25. The first-order valence-corrected chi connectivity index (χ1v) is 8.74. The lowest BCUT2D eigenvalue weighted by atomic mass is 10.1. The van der Waals surface area contributed by atoms with Crippen molar-refractivity contribution in [3.63, 3.8) is 0 Å². The Morgan fingerprint density at radius 1 is 1.38 bits per heavy atom. The van der Waals surface area contributed by atoms with Gasteiger partial charge in [-0.05, 0) is 25.7 Å². The van der Waals surface area contributed by atoms with Crippen molar-refractivity contribution in [2.24, 2.45) is 0 Å². The molecule has 1 aromatic heterocycles. The van der Waals surface area contributed by atoms with Gasteiger partial charge in [0.1, 0.15) is 11.0 Å². The Labute approximate surface area is 134 Å². The van der Waals surface area contributed by atoms with E-state index in [4.69, 9.17) is 11.6 Å². The third-order valence-corrected chi connectivity index (χ3v) is 4.29. The van der Waals surface area contributed by atoms with E-state index < -0.39 is 0 Å². The van der Waals surface area contributed by atoms with Crippen molar-refractivity contribution >= 4 is 35.1 Å². The molecule has 0 atom stereocenters. The van der Waals surface area contributed by atoms with Crippen LogP contribution < -0.4 is 10.2 Å². The highest BCUT2D eigenvalue weighted by Gasteiger charge is 2.15. The van der Waals surface area contributed by atoms with E-state index >= 15 is 0 Å². The Morgan fingerprint density at radius 3 is 2.86 bits per heavy atom. The molecule has 1 aliphatic heterocycles. The van der Waals surface area contributed by atoms with E-state index in [2.05, 4.69) is 20.2 Å².